The average molecular weight is 278 g/mol. The summed E-state index contributed by atoms with van der Waals surface area (Å²) < 4.78 is 15.6. The number of rotatable bonds is 3. The first kappa shape index (κ1) is 11.8. The Balaban J connectivity index is 2.09. The predicted molar refractivity (Wildman–Crippen MR) is 68.6 cm³/mol. The van der Waals surface area contributed by atoms with Crippen LogP contribution in [-0.4, -0.2) is 26.2 Å². The molecule has 0 spiro atoms. The first-order valence-corrected chi connectivity index (χ1v) is 6.33. The van der Waals surface area contributed by atoms with E-state index >= 15 is 0 Å². The highest BCUT2D eigenvalue weighted by Gasteiger charge is 2.14. The molecule has 3 aromatic rings. The first-order chi connectivity index (χ1) is 9.20. The van der Waals surface area contributed by atoms with Gasteiger partial charge in [-0.15, -0.1) is 0 Å². The summed E-state index contributed by atoms with van der Waals surface area (Å²) in [6, 6.07) is 0. The molecule has 0 bridgehead atoms. The average Bonchev–Trinajstić information content (AvgIpc) is 3.00. The Morgan fingerprint density at radius 3 is 3.16 bits per heavy atom. The molecule has 8 heteroatoms. The minimum atomic E-state index is -0.183. The van der Waals surface area contributed by atoms with Crippen LogP contribution in [0.3, 0.4) is 0 Å². The van der Waals surface area contributed by atoms with Crippen molar-refractivity contribution in [3.8, 4) is 5.88 Å². The molecule has 0 fully saturated rings. The van der Waals surface area contributed by atoms with Gasteiger partial charge < -0.3 is 9.26 Å². The van der Waals surface area contributed by atoms with Gasteiger partial charge in [0.1, 0.15) is 11.7 Å². The van der Waals surface area contributed by atoms with Gasteiger partial charge in [0.05, 0.1) is 19.3 Å². The molecular weight excluding hydrogens is 268 g/mol. The Morgan fingerprint density at radius 2 is 2.37 bits per heavy atom. The second-order valence-electron chi connectivity index (χ2n) is 3.97. The van der Waals surface area contributed by atoms with Crippen molar-refractivity contribution < 1.29 is 9.26 Å². The fraction of sp³-hybridized carbons (Fsp3) is 0.273. The summed E-state index contributed by atoms with van der Waals surface area (Å²) in [6.45, 7) is 2.07. The van der Waals surface area contributed by atoms with Gasteiger partial charge >= 0.3 is 0 Å². The topological polar surface area (TPSA) is 83.0 Å². The van der Waals surface area contributed by atoms with E-state index in [4.69, 9.17) is 9.26 Å². The smallest absolute Gasteiger partial charge is 0.266 e. The van der Waals surface area contributed by atoms with Crippen molar-refractivity contribution in [2.75, 3.05) is 7.11 Å². The van der Waals surface area contributed by atoms with Crippen molar-refractivity contribution in [3.05, 3.63) is 33.3 Å². The quantitative estimate of drug-likeness (QED) is 0.716. The molecule has 0 aliphatic heterocycles. The van der Waals surface area contributed by atoms with Crippen LogP contribution in [0, 0.1) is 6.92 Å². The number of nitrogens with zero attached hydrogens (tertiary/aromatic N) is 4. The Kier molecular flexibility index (Phi) is 2.79. The lowest BCUT2D eigenvalue weighted by Gasteiger charge is -2.04. The summed E-state index contributed by atoms with van der Waals surface area (Å²) >= 11 is 1.28. The van der Waals surface area contributed by atoms with E-state index < -0.39 is 0 Å². The van der Waals surface area contributed by atoms with Crippen LogP contribution in [0.1, 0.15) is 11.3 Å². The Morgan fingerprint density at radius 1 is 1.53 bits per heavy atom. The third-order valence-corrected chi connectivity index (χ3v) is 3.43. The van der Waals surface area contributed by atoms with Gasteiger partial charge in [0.15, 0.2) is 0 Å². The summed E-state index contributed by atoms with van der Waals surface area (Å²) in [5.74, 6) is 0.527. The van der Waals surface area contributed by atoms with Gasteiger partial charge in [-0.1, -0.05) is 5.16 Å². The zero-order valence-corrected chi connectivity index (χ0v) is 11.1. The van der Waals surface area contributed by atoms with Crippen LogP contribution in [0.15, 0.2) is 21.0 Å². The van der Waals surface area contributed by atoms with E-state index in [2.05, 4.69) is 14.5 Å². The molecule has 98 valence electrons. The lowest BCUT2D eigenvalue weighted by atomic mass is 10.3. The molecule has 0 unspecified atom stereocenters. The van der Waals surface area contributed by atoms with E-state index in [0.29, 0.717) is 23.5 Å². The number of aromatic nitrogens is 4. The van der Waals surface area contributed by atoms with Crippen LogP contribution in [0.2, 0.25) is 0 Å². The normalized spacial score (nSPS) is 11.1. The van der Waals surface area contributed by atoms with E-state index in [9.17, 15) is 4.79 Å². The van der Waals surface area contributed by atoms with Crippen LogP contribution in [0.5, 0.6) is 5.88 Å². The lowest BCUT2D eigenvalue weighted by Crippen LogP contribution is -2.21. The van der Waals surface area contributed by atoms with Crippen molar-refractivity contribution in [1.82, 2.24) is 19.1 Å². The van der Waals surface area contributed by atoms with E-state index in [1.165, 1.54) is 22.4 Å². The molecule has 0 saturated carbocycles. The molecule has 0 atom stereocenters. The lowest BCUT2D eigenvalue weighted by molar-refractivity contribution is 0.396. The molecule has 7 nitrogen and oxygen atoms in total. The molecule has 0 aliphatic rings. The monoisotopic (exact) mass is 278 g/mol. The largest absolute Gasteiger partial charge is 0.480 e. The van der Waals surface area contributed by atoms with Crippen LogP contribution < -0.4 is 10.3 Å². The van der Waals surface area contributed by atoms with Gasteiger partial charge in [0.25, 0.3) is 11.3 Å². The Bertz CT molecular complexity index is 789. The summed E-state index contributed by atoms with van der Waals surface area (Å²) in [7, 11) is 1.55. The van der Waals surface area contributed by atoms with E-state index in [-0.39, 0.29) is 11.3 Å². The highest BCUT2D eigenvalue weighted by Crippen LogP contribution is 2.19. The third-order valence-electron chi connectivity index (χ3n) is 2.77. The second kappa shape index (κ2) is 4.47. The molecule has 0 radical (unpaired) electrons. The zero-order valence-electron chi connectivity index (χ0n) is 10.3. The van der Waals surface area contributed by atoms with Gasteiger partial charge in [0.2, 0.25) is 5.88 Å². The summed E-state index contributed by atoms with van der Waals surface area (Å²) in [5.41, 5.74) is 1.45. The number of methoxy groups -OCH3 is 1. The Hall–Kier alpha value is -2.22. The van der Waals surface area contributed by atoms with Gasteiger partial charge in [-0.05, 0) is 18.5 Å². The maximum absolute atomic E-state index is 12.3. The molecule has 3 heterocycles. The van der Waals surface area contributed by atoms with Gasteiger partial charge in [-0.25, -0.2) is 4.98 Å². The number of hydrogen-bond donors (Lipinski definition) is 0. The second-order valence-corrected chi connectivity index (χ2v) is 4.60. The molecule has 0 saturated heterocycles. The number of fused-ring (bicyclic) bond motifs is 1. The molecule has 0 aromatic carbocycles. The van der Waals surface area contributed by atoms with E-state index in [0.717, 1.165) is 5.56 Å². The fourth-order valence-electron chi connectivity index (χ4n) is 1.83. The highest BCUT2D eigenvalue weighted by atomic mass is 32.1. The van der Waals surface area contributed by atoms with E-state index in [1.54, 1.807) is 14.0 Å². The molecule has 0 amide bonds. The first-order valence-electron chi connectivity index (χ1n) is 5.49. The van der Waals surface area contributed by atoms with Crippen LogP contribution in [0.4, 0.5) is 0 Å². The van der Waals surface area contributed by atoms with Crippen LogP contribution >= 0.6 is 11.5 Å². The van der Waals surface area contributed by atoms with Crippen molar-refractivity contribution >= 4 is 22.6 Å². The molecular formula is C11H10N4O3S. The van der Waals surface area contributed by atoms with Gasteiger partial charge in [0, 0.05) is 10.9 Å². The third kappa shape index (κ3) is 1.89. The SMILES string of the molecule is COc1nscc1Cn1cnc2onc(C)c2c1=O. The van der Waals surface area contributed by atoms with Crippen molar-refractivity contribution in [3.63, 3.8) is 0 Å². The predicted octanol–water partition coefficient (Wildman–Crippen LogP) is 1.21. The summed E-state index contributed by atoms with van der Waals surface area (Å²) in [5, 5.41) is 5.99. The number of aryl methyl sites for hydroxylation is 1. The minimum absolute atomic E-state index is 0.183. The van der Waals surface area contributed by atoms with Crippen molar-refractivity contribution in [1.29, 1.82) is 0 Å². The zero-order chi connectivity index (χ0) is 13.4. The molecule has 0 N–H and O–H groups in total. The minimum Gasteiger partial charge on any atom is -0.480 e. The van der Waals surface area contributed by atoms with Crippen molar-refractivity contribution in [2.24, 2.45) is 0 Å². The molecule has 3 aromatic heterocycles. The molecule has 19 heavy (non-hydrogen) atoms. The molecule has 0 aliphatic carbocycles. The molecule has 3 rings (SSSR count). The maximum Gasteiger partial charge on any atom is 0.266 e. The van der Waals surface area contributed by atoms with E-state index in [1.807, 2.05) is 5.38 Å². The van der Waals surface area contributed by atoms with Crippen LogP contribution in [0.25, 0.3) is 11.1 Å². The summed E-state index contributed by atoms with van der Waals surface area (Å²) in [4.78, 5) is 16.4. The van der Waals surface area contributed by atoms with Crippen LogP contribution in [-0.2, 0) is 6.54 Å². The Labute approximate surface area is 111 Å². The van der Waals surface area contributed by atoms with Crippen molar-refractivity contribution in [2.45, 2.75) is 13.5 Å². The van der Waals surface area contributed by atoms with Gasteiger partial charge in [-0.3, -0.25) is 9.36 Å². The summed E-state index contributed by atoms with van der Waals surface area (Å²) in [6.07, 6.45) is 1.44. The van der Waals surface area contributed by atoms with Gasteiger partial charge in [-0.2, -0.15) is 4.37 Å². The standard InChI is InChI=1S/C11H10N4O3S/c1-6-8-10(18-13-6)12-5-15(11(8)16)3-7-4-19-14-9(7)17-2/h4-5H,3H2,1-2H3. The highest BCUT2D eigenvalue weighted by molar-refractivity contribution is 7.03. The number of ether oxygens (including phenoxy) is 1. The fourth-order valence-corrected chi connectivity index (χ4v) is 2.47. The maximum atomic E-state index is 12.3. The number of hydrogen-bond acceptors (Lipinski definition) is 7.